The van der Waals surface area contributed by atoms with Crippen LogP contribution in [0, 0.1) is 0 Å². The Hall–Kier alpha value is -4.06. The van der Waals surface area contributed by atoms with Gasteiger partial charge in [-0.05, 0) is 85.1 Å². The van der Waals surface area contributed by atoms with Crippen molar-refractivity contribution in [3.8, 4) is 23.0 Å². The van der Waals surface area contributed by atoms with E-state index in [2.05, 4.69) is 20.4 Å². The van der Waals surface area contributed by atoms with E-state index in [1.54, 1.807) is 54.6 Å². The van der Waals surface area contributed by atoms with E-state index < -0.39 is 11.9 Å². The number of ether oxygens (including phenoxy) is 4. The van der Waals surface area contributed by atoms with Gasteiger partial charge >= 0.3 is 11.9 Å². The Bertz CT molecular complexity index is 1150. The molecule has 0 spiro atoms. The monoisotopic (exact) mass is 488 g/mol. The van der Waals surface area contributed by atoms with Crippen molar-refractivity contribution in [2.45, 2.75) is 39.5 Å². The van der Waals surface area contributed by atoms with E-state index in [-0.39, 0.29) is 0 Å². The van der Waals surface area contributed by atoms with Gasteiger partial charge in [-0.3, -0.25) is 0 Å². The molecule has 0 fully saturated rings. The van der Waals surface area contributed by atoms with Gasteiger partial charge in [0.25, 0.3) is 0 Å². The molecular formula is C30H32O6. The van der Waals surface area contributed by atoms with Crippen LogP contribution in [-0.4, -0.2) is 25.2 Å². The zero-order valence-electron chi connectivity index (χ0n) is 20.8. The summed E-state index contributed by atoms with van der Waals surface area (Å²) >= 11 is 0. The average molecular weight is 489 g/mol. The summed E-state index contributed by atoms with van der Waals surface area (Å²) in [5, 5.41) is 0. The predicted octanol–water partition coefficient (Wildman–Crippen LogP) is 7.13. The van der Waals surface area contributed by atoms with Crippen molar-refractivity contribution in [1.82, 2.24) is 0 Å². The summed E-state index contributed by atoms with van der Waals surface area (Å²) in [4.78, 5) is 25.4. The van der Waals surface area contributed by atoms with Gasteiger partial charge in [-0.1, -0.05) is 39.3 Å². The third-order valence-corrected chi connectivity index (χ3v) is 5.33. The van der Waals surface area contributed by atoms with Crippen LogP contribution in [0.25, 0.3) is 6.08 Å². The number of hydrogen-bond donors (Lipinski definition) is 0. The van der Waals surface area contributed by atoms with Crippen LogP contribution in [0.2, 0.25) is 0 Å². The summed E-state index contributed by atoms with van der Waals surface area (Å²) < 4.78 is 22.2. The lowest BCUT2D eigenvalue weighted by molar-refractivity contribution is 0.0720. The van der Waals surface area contributed by atoms with E-state index >= 15 is 0 Å². The smallest absolute Gasteiger partial charge is 0.344 e. The van der Waals surface area contributed by atoms with Crippen LogP contribution in [0.5, 0.6) is 23.0 Å². The first-order valence-electron chi connectivity index (χ1n) is 12.2. The van der Waals surface area contributed by atoms with Crippen LogP contribution in [0.3, 0.4) is 0 Å². The Balaban J connectivity index is 1.62. The van der Waals surface area contributed by atoms with Crippen LogP contribution in [0.1, 0.15) is 65.8 Å². The summed E-state index contributed by atoms with van der Waals surface area (Å²) in [7, 11) is 0. The molecule has 6 nitrogen and oxygen atoms in total. The molecule has 0 aliphatic carbocycles. The van der Waals surface area contributed by atoms with Crippen LogP contribution in [-0.2, 0) is 0 Å². The fourth-order valence-corrected chi connectivity index (χ4v) is 3.25. The molecule has 0 aliphatic heterocycles. The Morgan fingerprint density at radius 2 is 1.17 bits per heavy atom. The summed E-state index contributed by atoms with van der Waals surface area (Å²) in [6.07, 6.45) is 5.57. The minimum Gasteiger partial charge on any atom is -0.494 e. The summed E-state index contributed by atoms with van der Waals surface area (Å²) in [5.41, 5.74) is 1.05. The SMILES string of the molecule is C=Cc1cc(C(=O)Oc2ccc(OCCCC)cc2)ccc1C(=O)Oc1ccc(OCCCC)cc1. The van der Waals surface area contributed by atoms with Gasteiger partial charge in [0.1, 0.15) is 23.0 Å². The van der Waals surface area contributed by atoms with E-state index in [9.17, 15) is 9.59 Å². The number of benzene rings is 3. The van der Waals surface area contributed by atoms with Crippen LogP contribution < -0.4 is 18.9 Å². The maximum Gasteiger partial charge on any atom is 0.344 e. The van der Waals surface area contributed by atoms with Gasteiger partial charge in [-0.25, -0.2) is 9.59 Å². The number of esters is 2. The Labute approximate surface area is 212 Å². The fraction of sp³-hybridized carbons (Fsp3) is 0.267. The van der Waals surface area contributed by atoms with Crippen molar-refractivity contribution in [2.24, 2.45) is 0 Å². The Morgan fingerprint density at radius 1 is 0.694 bits per heavy atom. The number of unbranched alkanes of at least 4 members (excludes halogenated alkanes) is 2. The molecule has 3 aromatic carbocycles. The van der Waals surface area contributed by atoms with Gasteiger partial charge < -0.3 is 18.9 Å². The molecule has 3 rings (SSSR count). The van der Waals surface area contributed by atoms with Crippen molar-refractivity contribution in [3.63, 3.8) is 0 Å². The normalized spacial score (nSPS) is 10.4. The van der Waals surface area contributed by atoms with Crippen LogP contribution >= 0.6 is 0 Å². The molecule has 0 atom stereocenters. The van der Waals surface area contributed by atoms with Gasteiger partial charge in [0, 0.05) is 0 Å². The van der Waals surface area contributed by atoms with Crippen LogP contribution in [0.4, 0.5) is 0 Å². The van der Waals surface area contributed by atoms with Gasteiger partial charge in [0.05, 0.1) is 24.3 Å². The third kappa shape index (κ3) is 7.73. The molecule has 0 amide bonds. The summed E-state index contributed by atoms with van der Waals surface area (Å²) in [6, 6.07) is 18.4. The maximum absolute atomic E-state index is 12.8. The topological polar surface area (TPSA) is 71.1 Å². The minimum atomic E-state index is -0.553. The Kier molecular flexibility index (Phi) is 10.1. The molecule has 0 bridgehead atoms. The van der Waals surface area contributed by atoms with Gasteiger partial charge in [0.15, 0.2) is 0 Å². The highest BCUT2D eigenvalue weighted by Gasteiger charge is 2.17. The quantitative estimate of drug-likeness (QED) is 0.145. The third-order valence-electron chi connectivity index (χ3n) is 5.33. The highest BCUT2D eigenvalue weighted by molar-refractivity contribution is 5.98. The number of carbonyl (C=O) groups excluding carboxylic acids is 2. The molecule has 0 radical (unpaired) electrons. The second kappa shape index (κ2) is 13.7. The molecule has 0 saturated carbocycles. The lowest BCUT2D eigenvalue weighted by Crippen LogP contribution is -2.13. The molecular weight excluding hydrogens is 456 g/mol. The summed E-state index contributed by atoms with van der Waals surface area (Å²) in [6.45, 7) is 9.25. The lowest BCUT2D eigenvalue weighted by atomic mass is 10.0. The number of carbonyl (C=O) groups is 2. The molecule has 0 unspecified atom stereocenters. The molecule has 36 heavy (non-hydrogen) atoms. The first-order chi connectivity index (χ1) is 17.5. The van der Waals surface area contributed by atoms with Crippen molar-refractivity contribution in [1.29, 1.82) is 0 Å². The fourth-order valence-electron chi connectivity index (χ4n) is 3.25. The highest BCUT2D eigenvalue weighted by atomic mass is 16.5. The van der Waals surface area contributed by atoms with E-state index in [0.29, 0.717) is 41.4 Å². The number of rotatable bonds is 13. The van der Waals surface area contributed by atoms with Crippen molar-refractivity contribution < 1.29 is 28.5 Å². The molecule has 6 heteroatoms. The largest absolute Gasteiger partial charge is 0.494 e. The van der Waals surface area contributed by atoms with Gasteiger partial charge in [-0.2, -0.15) is 0 Å². The van der Waals surface area contributed by atoms with Gasteiger partial charge in [0.2, 0.25) is 0 Å². The molecule has 0 saturated heterocycles. The first-order valence-corrected chi connectivity index (χ1v) is 12.2. The van der Waals surface area contributed by atoms with E-state index in [1.807, 2.05) is 0 Å². The Morgan fingerprint density at radius 3 is 1.64 bits per heavy atom. The van der Waals surface area contributed by atoms with E-state index in [4.69, 9.17) is 18.9 Å². The summed E-state index contributed by atoms with van der Waals surface area (Å²) in [5.74, 6) is 1.13. The first kappa shape index (κ1) is 26.5. The van der Waals surface area contributed by atoms with Gasteiger partial charge in [-0.15, -0.1) is 0 Å². The minimum absolute atomic E-state index is 0.290. The molecule has 3 aromatic rings. The molecule has 0 heterocycles. The lowest BCUT2D eigenvalue weighted by Gasteiger charge is -2.11. The van der Waals surface area contributed by atoms with Crippen molar-refractivity contribution in [2.75, 3.05) is 13.2 Å². The van der Waals surface area contributed by atoms with Crippen LogP contribution in [0.15, 0.2) is 73.3 Å². The van der Waals surface area contributed by atoms with Crippen molar-refractivity contribution >= 4 is 18.0 Å². The molecule has 188 valence electrons. The van der Waals surface area contributed by atoms with Crippen molar-refractivity contribution in [3.05, 3.63) is 90.0 Å². The van der Waals surface area contributed by atoms with E-state index in [0.717, 1.165) is 37.2 Å². The number of hydrogen-bond acceptors (Lipinski definition) is 6. The molecule has 0 N–H and O–H groups in total. The zero-order chi connectivity index (χ0) is 25.8. The second-order valence-electron chi connectivity index (χ2n) is 8.13. The standard InChI is InChI=1S/C30H32O6/c1-4-7-19-33-24-10-14-26(15-11-24)35-29(31)23-9-18-28(22(6-3)21-23)30(32)36-27-16-12-25(13-17-27)34-20-8-5-2/h6,9-18,21H,3-5,7-8,19-20H2,1-2H3. The molecule has 0 aliphatic rings. The predicted molar refractivity (Wildman–Crippen MR) is 140 cm³/mol. The maximum atomic E-state index is 12.8. The second-order valence-corrected chi connectivity index (χ2v) is 8.13. The molecule has 0 aromatic heterocycles. The highest BCUT2D eigenvalue weighted by Crippen LogP contribution is 2.23. The van der Waals surface area contributed by atoms with E-state index in [1.165, 1.54) is 18.2 Å². The zero-order valence-corrected chi connectivity index (χ0v) is 20.8. The average Bonchev–Trinajstić information content (AvgIpc) is 2.90.